The molecule has 0 bridgehead atoms. The molecule has 0 amide bonds. The summed E-state index contributed by atoms with van der Waals surface area (Å²) in [7, 11) is 0. The quantitative estimate of drug-likeness (QED) is 0.735. The fourth-order valence-electron chi connectivity index (χ4n) is 1.83. The molecule has 3 aromatic rings. The number of fused-ring (bicyclic) bond motifs is 1. The van der Waals surface area contributed by atoms with Crippen molar-refractivity contribution in [3.8, 4) is 17.6 Å². The van der Waals surface area contributed by atoms with Crippen molar-refractivity contribution in [2.45, 2.75) is 20.0 Å². The Morgan fingerprint density at radius 2 is 2.00 bits per heavy atom. The highest BCUT2D eigenvalue weighted by molar-refractivity contribution is 6.28. The normalized spacial score (nSPS) is 11.3. The molecule has 2 aromatic heterocycles. The van der Waals surface area contributed by atoms with Crippen LogP contribution in [0.4, 0.5) is 4.39 Å². The summed E-state index contributed by atoms with van der Waals surface area (Å²) >= 11 is 5.86. The Kier molecular flexibility index (Phi) is 3.47. The van der Waals surface area contributed by atoms with Crippen LogP contribution in [0.15, 0.2) is 28.7 Å². The third-order valence-electron chi connectivity index (χ3n) is 2.63. The van der Waals surface area contributed by atoms with Crippen molar-refractivity contribution in [3.05, 3.63) is 35.4 Å². The number of furan rings is 1. The molecule has 0 N–H and O–H groups in total. The first-order valence-electron chi connectivity index (χ1n) is 6.29. The molecule has 0 radical (unpaired) electrons. The predicted molar refractivity (Wildman–Crippen MR) is 75.8 cm³/mol. The van der Waals surface area contributed by atoms with Gasteiger partial charge in [0, 0.05) is 5.39 Å². The highest BCUT2D eigenvalue weighted by atomic mass is 35.5. The van der Waals surface area contributed by atoms with Gasteiger partial charge in [0.25, 0.3) is 0 Å². The molecule has 7 heteroatoms. The van der Waals surface area contributed by atoms with E-state index in [1.807, 2.05) is 13.8 Å². The lowest BCUT2D eigenvalue weighted by molar-refractivity contribution is 0.221. The van der Waals surface area contributed by atoms with Crippen LogP contribution >= 0.6 is 11.6 Å². The number of nitrogens with zero attached hydrogens (tertiary/aromatic N) is 3. The summed E-state index contributed by atoms with van der Waals surface area (Å²) < 4.78 is 24.2. The van der Waals surface area contributed by atoms with Gasteiger partial charge < -0.3 is 9.15 Å². The largest absolute Gasteiger partial charge is 0.461 e. The maximum Gasteiger partial charge on any atom is 0.321 e. The molecule has 5 nitrogen and oxygen atoms in total. The van der Waals surface area contributed by atoms with Gasteiger partial charge in [-0.05, 0) is 49.7 Å². The van der Waals surface area contributed by atoms with Gasteiger partial charge in [-0.3, -0.25) is 0 Å². The van der Waals surface area contributed by atoms with Crippen LogP contribution in [0.1, 0.15) is 13.8 Å². The van der Waals surface area contributed by atoms with Gasteiger partial charge in [-0.2, -0.15) is 15.0 Å². The molecule has 0 spiro atoms. The smallest absolute Gasteiger partial charge is 0.321 e. The predicted octanol–water partition coefficient (Wildman–Crippen LogP) is 3.86. The van der Waals surface area contributed by atoms with Crippen LogP contribution in [-0.4, -0.2) is 21.1 Å². The van der Waals surface area contributed by atoms with Crippen LogP contribution in [0.3, 0.4) is 0 Å². The van der Waals surface area contributed by atoms with Crippen LogP contribution in [0.25, 0.3) is 22.6 Å². The minimum atomic E-state index is -0.340. The van der Waals surface area contributed by atoms with Crippen molar-refractivity contribution in [1.29, 1.82) is 0 Å². The van der Waals surface area contributed by atoms with Gasteiger partial charge in [0.1, 0.15) is 11.4 Å². The van der Waals surface area contributed by atoms with Crippen molar-refractivity contribution < 1.29 is 13.5 Å². The summed E-state index contributed by atoms with van der Waals surface area (Å²) in [6.45, 7) is 3.70. The number of benzene rings is 1. The molecular weight excluding hydrogens is 297 g/mol. The Hall–Kier alpha value is -2.21. The standard InChI is InChI=1S/C14H11ClFN3O2/c1-7(2)20-14-18-12(17-13(15)19-14)11-6-8-5-9(16)3-4-10(8)21-11/h3-7H,1-2H3. The molecule has 0 atom stereocenters. The fourth-order valence-corrected chi connectivity index (χ4v) is 1.98. The summed E-state index contributed by atoms with van der Waals surface area (Å²) in [4.78, 5) is 12.0. The van der Waals surface area contributed by atoms with E-state index in [1.165, 1.54) is 12.1 Å². The van der Waals surface area contributed by atoms with Gasteiger partial charge in [-0.25, -0.2) is 4.39 Å². The zero-order valence-electron chi connectivity index (χ0n) is 11.3. The van der Waals surface area contributed by atoms with Crippen LogP contribution in [0, 0.1) is 5.82 Å². The number of halogens is 2. The first-order chi connectivity index (χ1) is 10.0. The minimum absolute atomic E-state index is 0.00212. The Bertz CT molecular complexity index is 804. The van der Waals surface area contributed by atoms with Gasteiger partial charge in [0.05, 0.1) is 6.10 Å². The minimum Gasteiger partial charge on any atom is -0.461 e. The number of rotatable bonds is 3. The van der Waals surface area contributed by atoms with E-state index in [0.29, 0.717) is 16.7 Å². The average molecular weight is 308 g/mol. The topological polar surface area (TPSA) is 61.0 Å². The molecular formula is C14H11ClFN3O2. The SMILES string of the molecule is CC(C)Oc1nc(Cl)nc(-c2cc3cc(F)ccc3o2)n1. The summed E-state index contributed by atoms with van der Waals surface area (Å²) in [5, 5.41) is 0.621. The van der Waals surface area contributed by atoms with Crippen LogP contribution in [-0.2, 0) is 0 Å². The van der Waals surface area contributed by atoms with Crippen molar-refractivity contribution in [2.75, 3.05) is 0 Å². The van der Waals surface area contributed by atoms with E-state index >= 15 is 0 Å². The molecule has 0 aliphatic carbocycles. The van der Waals surface area contributed by atoms with Gasteiger partial charge in [0.2, 0.25) is 11.1 Å². The molecule has 1 aromatic carbocycles. The summed E-state index contributed by atoms with van der Waals surface area (Å²) in [5.41, 5.74) is 0.536. The first kappa shape index (κ1) is 13.8. The third-order valence-corrected chi connectivity index (χ3v) is 2.80. The Morgan fingerprint density at radius 1 is 1.19 bits per heavy atom. The maximum absolute atomic E-state index is 13.2. The van der Waals surface area contributed by atoms with Crippen LogP contribution < -0.4 is 4.74 Å². The van der Waals surface area contributed by atoms with E-state index in [9.17, 15) is 4.39 Å². The zero-order valence-corrected chi connectivity index (χ0v) is 12.1. The summed E-state index contributed by atoms with van der Waals surface area (Å²) in [5.74, 6) is 0.267. The lowest BCUT2D eigenvalue weighted by Gasteiger charge is -2.07. The van der Waals surface area contributed by atoms with Gasteiger partial charge >= 0.3 is 6.01 Å². The van der Waals surface area contributed by atoms with Gasteiger partial charge in [-0.15, -0.1) is 0 Å². The molecule has 0 aliphatic rings. The highest BCUT2D eigenvalue weighted by Gasteiger charge is 2.14. The van der Waals surface area contributed by atoms with E-state index in [1.54, 1.807) is 12.1 Å². The average Bonchev–Trinajstić information content (AvgIpc) is 2.80. The summed E-state index contributed by atoms with van der Waals surface area (Å²) in [6, 6.07) is 6.00. The second-order valence-corrected chi connectivity index (χ2v) is 5.01. The van der Waals surface area contributed by atoms with Crippen molar-refractivity contribution in [3.63, 3.8) is 0 Å². The Labute approximate surface area is 124 Å². The number of hydrogen-bond acceptors (Lipinski definition) is 5. The second kappa shape index (κ2) is 5.29. The Balaban J connectivity index is 2.06. The number of hydrogen-bond donors (Lipinski definition) is 0. The zero-order chi connectivity index (χ0) is 15.0. The van der Waals surface area contributed by atoms with Crippen molar-refractivity contribution in [2.24, 2.45) is 0 Å². The molecule has 0 fully saturated rings. The summed E-state index contributed by atoms with van der Waals surface area (Å²) in [6.07, 6.45) is -0.0962. The lowest BCUT2D eigenvalue weighted by atomic mass is 10.2. The van der Waals surface area contributed by atoms with E-state index in [-0.39, 0.29) is 29.0 Å². The fraction of sp³-hybridized carbons (Fsp3) is 0.214. The molecule has 21 heavy (non-hydrogen) atoms. The molecule has 0 saturated heterocycles. The monoisotopic (exact) mass is 307 g/mol. The molecule has 2 heterocycles. The van der Waals surface area contributed by atoms with Crippen LogP contribution in [0.2, 0.25) is 5.28 Å². The van der Waals surface area contributed by atoms with E-state index in [2.05, 4.69) is 15.0 Å². The molecule has 0 aliphatic heterocycles. The second-order valence-electron chi connectivity index (χ2n) is 4.67. The Morgan fingerprint density at radius 3 is 2.76 bits per heavy atom. The van der Waals surface area contributed by atoms with E-state index in [0.717, 1.165) is 0 Å². The third kappa shape index (κ3) is 2.95. The lowest BCUT2D eigenvalue weighted by Crippen LogP contribution is -2.09. The molecule has 108 valence electrons. The van der Waals surface area contributed by atoms with E-state index < -0.39 is 0 Å². The molecule has 3 rings (SSSR count). The van der Waals surface area contributed by atoms with Crippen LogP contribution in [0.5, 0.6) is 6.01 Å². The maximum atomic E-state index is 13.2. The highest BCUT2D eigenvalue weighted by Crippen LogP contribution is 2.27. The first-order valence-corrected chi connectivity index (χ1v) is 6.67. The van der Waals surface area contributed by atoms with Crippen molar-refractivity contribution >= 4 is 22.6 Å². The van der Waals surface area contributed by atoms with Crippen molar-refractivity contribution in [1.82, 2.24) is 15.0 Å². The molecule has 0 saturated carbocycles. The number of ether oxygens (including phenoxy) is 1. The van der Waals surface area contributed by atoms with Gasteiger partial charge in [-0.1, -0.05) is 0 Å². The molecule has 0 unspecified atom stereocenters. The van der Waals surface area contributed by atoms with E-state index in [4.69, 9.17) is 20.8 Å². The number of aromatic nitrogens is 3. The van der Waals surface area contributed by atoms with Gasteiger partial charge in [0.15, 0.2) is 5.76 Å².